The molecule has 0 saturated carbocycles. The van der Waals surface area contributed by atoms with E-state index in [1.165, 1.54) is 11.1 Å². The second kappa shape index (κ2) is 6.77. The van der Waals surface area contributed by atoms with Gasteiger partial charge in [-0.2, -0.15) is 0 Å². The molecule has 1 N–H and O–H groups in total. The Labute approximate surface area is 128 Å². The van der Waals surface area contributed by atoms with Gasteiger partial charge in [0.1, 0.15) is 0 Å². The highest BCUT2D eigenvalue weighted by Crippen LogP contribution is 2.31. The summed E-state index contributed by atoms with van der Waals surface area (Å²) in [6.45, 7) is 6.96. The van der Waals surface area contributed by atoms with E-state index in [2.05, 4.69) is 80.7 Å². The van der Waals surface area contributed by atoms with Gasteiger partial charge in [-0.05, 0) is 38.0 Å². The molecule has 0 bridgehead atoms. The molecule has 0 aromatic heterocycles. The molecule has 0 aliphatic carbocycles. The summed E-state index contributed by atoms with van der Waals surface area (Å²) in [7, 11) is 1.96. The van der Waals surface area contributed by atoms with Gasteiger partial charge in [-0.3, -0.25) is 0 Å². The highest BCUT2D eigenvalue weighted by atomic mass is 16.5. The Hall–Kier alpha value is -1.80. The monoisotopic (exact) mass is 283 g/mol. The lowest BCUT2D eigenvalue weighted by Crippen LogP contribution is -2.23. The Morgan fingerprint density at radius 3 is 2.19 bits per heavy atom. The van der Waals surface area contributed by atoms with E-state index in [0.717, 1.165) is 5.69 Å². The summed E-state index contributed by atoms with van der Waals surface area (Å²) in [4.78, 5) is 0. The van der Waals surface area contributed by atoms with Gasteiger partial charge in [0, 0.05) is 18.7 Å². The zero-order chi connectivity index (χ0) is 15.3. The Morgan fingerprint density at radius 1 is 0.952 bits per heavy atom. The number of benzene rings is 2. The molecule has 2 rings (SSSR count). The normalized spacial score (nSPS) is 13.0. The Balaban J connectivity index is 2.36. The van der Waals surface area contributed by atoms with Gasteiger partial charge in [0.15, 0.2) is 0 Å². The Kier molecular flexibility index (Phi) is 5.03. The van der Waals surface area contributed by atoms with Crippen LogP contribution in [0.25, 0.3) is 0 Å². The van der Waals surface area contributed by atoms with Crippen LogP contribution in [0.1, 0.15) is 37.8 Å². The van der Waals surface area contributed by atoms with Crippen molar-refractivity contribution in [3.63, 3.8) is 0 Å². The average Bonchev–Trinajstić information content (AvgIpc) is 2.48. The molecule has 21 heavy (non-hydrogen) atoms. The maximum Gasteiger partial charge on any atom is 0.0598 e. The molecule has 0 heterocycles. The van der Waals surface area contributed by atoms with Crippen molar-refractivity contribution < 1.29 is 4.74 Å². The van der Waals surface area contributed by atoms with E-state index in [-0.39, 0.29) is 11.5 Å². The number of hydrogen-bond acceptors (Lipinski definition) is 2. The van der Waals surface area contributed by atoms with Crippen molar-refractivity contribution >= 4 is 5.69 Å². The van der Waals surface area contributed by atoms with E-state index in [9.17, 15) is 0 Å². The molecule has 2 aromatic carbocycles. The van der Waals surface area contributed by atoms with Crippen molar-refractivity contribution in [1.29, 1.82) is 0 Å². The van der Waals surface area contributed by atoms with Crippen molar-refractivity contribution in [2.45, 2.75) is 32.3 Å². The molecule has 0 aliphatic rings. The van der Waals surface area contributed by atoms with Crippen molar-refractivity contribution in [2.24, 2.45) is 0 Å². The van der Waals surface area contributed by atoms with Crippen molar-refractivity contribution in [2.75, 3.05) is 19.0 Å². The van der Waals surface area contributed by atoms with Crippen LogP contribution in [-0.4, -0.2) is 19.3 Å². The van der Waals surface area contributed by atoms with Crippen LogP contribution in [-0.2, 0) is 4.74 Å². The molecule has 0 amide bonds. The average molecular weight is 283 g/mol. The second-order valence-electron chi connectivity index (χ2n) is 6.22. The van der Waals surface area contributed by atoms with Crippen LogP contribution in [0, 0.1) is 0 Å². The zero-order valence-corrected chi connectivity index (χ0v) is 13.4. The SMILES string of the molecule is CNc1ccccc1[C@@H](COC(C)(C)C)c1ccccc1. The summed E-state index contributed by atoms with van der Waals surface area (Å²) in [5.74, 6) is 0.231. The van der Waals surface area contributed by atoms with E-state index in [4.69, 9.17) is 4.74 Å². The third-order valence-electron chi connectivity index (χ3n) is 3.49. The molecule has 0 spiro atoms. The van der Waals surface area contributed by atoms with Gasteiger partial charge in [-0.15, -0.1) is 0 Å². The van der Waals surface area contributed by atoms with Crippen molar-refractivity contribution in [1.82, 2.24) is 0 Å². The molecular formula is C19H25NO. The summed E-state index contributed by atoms with van der Waals surface area (Å²) < 4.78 is 6.07. The molecule has 2 nitrogen and oxygen atoms in total. The highest BCUT2D eigenvalue weighted by molar-refractivity contribution is 5.54. The third kappa shape index (κ3) is 4.33. The maximum atomic E-state index is 6.07. The van der Waals surface area contributed by atoms with E-state index in [0.29, 0.717) is 6.61 Å². The van der Waals surface area contributed by atoms with E-state index >= 15 is 0 Å². The molecule has 2 heteroatoms. The van der Waals surface area contributed by atoms with E-state index in [1.807, 2.05) is 7.05 Å². The predicted molar refractivity (Wildman–Crippen MR) is 90.0 cm³/mol. The summed E-state index contributed by atoms with van der Waals surface area (Å²) in [6.07, 6.45) is 0. The summed E-state index contributed by atoms with van der Waals surface area (Å²) >= 11 is 0. The molecule has 0 unspecified atom stereocenters. The molecule has 0 saturated heterocycles. The van der Waals surface area contributed by atoms with Crippen LogP contribution in [0.5, 0.6) is 0 Å². The number of ether oxygens (including phenoxy) is 1. The minimum atomic E-state index is -0.137. The van der Waals surface area contributed by atoms with E-state index in [1.54, 1.807) is 0 Å². The number of hydrogen-bond donors (Lipinski definition) is 1. The van der Waals surface area contributed by atoms with Gasteiger partial charge >= 0.3 is 0 Å². The summed E-state index contributed by atoms with van der Waals surface area (Å²) in [5, 5.41) is 3.29. The van der Waals surface area contributed by atoms with Gasteiger partial charge in [0.25, 0.3) is 0 Å². The first-order valence-electron chi connectivity index (χ1n) is 7.47. The first-order valence-corrected chi connectivity index (χ1v) is 7.47. The van der Waals surface area contributed by atoms with Crippen LogP contribution < -0.4 is 5.32 Å². The highest BCUT2D eigenvalue weighted by Gasteiger charge is 2.20. The summed E-state index contributed by atoms with van der Waals surface area (Å²) in [6, 6.07) is 19.0. The smallest absolute Gasteiger partial charge is 0.0598 e. The molecular weight excluding hydrogens is 258 g/mol. The molecule has 0 radical (unpaired) electrons. The summed E-state index contributed by atoms with van der Waals surface area (Å²) in [5.41, 5.74) is 3.57. The number of anilines is 1. The lowest BCUT2D eigenvalue weighted by Gasteiger charge is -2.26. The van der Waals surface area contributed by atoms with Crippen LogP contribution in [0.4, 0.5) is 5.69 Å². The van der Waals surface area contributed by atoms with Gasteiger partial charge in [0.05, 0.1) is 12.2 Å². The molecule has 2 aromatic rings. The molecule has 0 aliphatic heterocycles. The number of para-hydroxylation sites is 1. The minimum Gasteiger partial charge on any atom is -0.388 e. The van der Waals surface area contributed by atoms with Crippen LogP contribution >= 0.6 is 0 Å². The topological polar surface area (TPSA) is 21.3 Å². The third-order valence-corrected chi connectivity index (χ3v) is 3.49. The van der Waals surface area contributed by atoms with Crippen molar-refractivity contribution in [3.8, 4) is 0 Å². The molecule has 1 atom stereocenters. The largest absolute Gasteiger partial charge is 0.388 e. The first kappa shape index (κ1) is 15.6. The zero-order valence-electron chi connectivity index (χ0n) is 13.4. The standard InChI is InChI=1S/C19H25NO/c1-19(2,3)21-14-17(15-10-6-5-7-11-15)16-12-8-9-13-18(16)20-4/h5-13,17,20H,14H2,1-4H3/t17-/m0/s1. The lowest BCUT2D eigenvalue weighted by molar-refractivity contribution is -0.00660. The Morgan fingerprint density at radius 2 is 1.57 bits per heavy atom. The van der Waals surface area contributed by atoms with Crippen molar-refractivity contribution in [3.05, 3.63) is 65.7 Å². The quantitative estimate of drug-likeness (QED) is 0.860. The maximum absolute atomic E-state index is 6.07. The van der Waals surface area contributed by atoms with Crippen LogP contribution in [0.15, 0.2) is 54.6 Å². The Bertz CT molecular complexity index is 557. The van der Waals surface area contributed by atoms with Gasteiger partial charge < -0.3 is 10.1 Å². The minimum absolute atomic E-state index is 0.137. The van der Waals surface area contributed by atoms with Gasteiger partial charge in [0.2, 0.25) is 0 Å². The lowest BCUT2D eigenvalue weighted by atomic mass is 9.90. The number of rotatable bonds is 5. The van der Waals surface area contributed by atoms with Gasteiger partial charge in [-0.1, -0.05) is 48.5 Å². The van der Waals surface area contributed by atoms with Gasteiger partial charge in [-0.25, -0.2) is 0 Å². The molecule has 112 valence electrons. The molecule has 0 fully saturated rings. The van der Waals surface area contributed by atoms with E-state index < -0.39 is 0 Å². The fourth-order valence-corrected chi connectivity index (χ4v) is 2.41. The van der Waals surface area contributed by atoms with Crippen LogP contribution in [0.3, 0.4) is 0 Å². The fraction of sp³-hybridized carbons (Fsp3) is 0.368. The van der Waals surface area contributed by atoms with Crippen LogP contribution in [0.2, 0.25) is 0 Å². The predicted octanol–water partition coefficient (Wildman–Crippen LogP) is 4.68. The number of nitrogens with one attached hydrogen (secondary N) is 1. The fourth-order valence-electron chi connectivity index (χ4n) is 2.41. The second-order valence-corrected chi connectivity index (χ2v) is 6.22. The first-order chi connectivity index (χ1) is 10.0.